The largest absolute Gasteiger partial charge is 0.481 e. The lowest BCUT2D eigenvalue weighted by Crippen LogP contribution is -2.25. The second-order valence-corrected chi connectivity index (χ2v) is 5.51. The van der Waals surface area contributed by atoms with E-state index in [1.54, 1.807) is 19.2 Å². The van der Waals surface area contributed by atoms with Gasteiger partial charge in [-0.2, -0.15) is 0 Å². The first-order valence-electron chi connectivity index (χ1n) is 6.60. The summed E-state index contributed by atoms with van der Waals surface area (Å²) in [5.41, 5.74) is 2.41. The Bertz CT molecular complexity index is 665. The van der Waals surface area contributed by atoms with E-state index < -0.39 is 11.9 Å². The highest BCUT2D eigenvalue weighted by Crippen LogP contribution is 2.41. The summed E-state index contributed by atoms with van der Waals surface area (Å²) < 4.78 is 10.8. The molecule has 0 bridgehead atoms. The van der Waals surface area contributed by atoms with E-state index in [0.717, 1.165) is 11.1 Å². The van der Waals surface area contributed by atoms with Crippen molar-refractivity contribution in [2.24, 2.45) is 5.92 Å². The van der Waals surface area contributed by atoms with Crippen LogP contribution in [-0.4, -0.2) is 23.3 Å². The zero-order chi connectivity index (χ0) is 15.0. The molecule has 1 unspecified atom stereocenters. The van der Waals surface area contributed by atoms with E-state index in [9.17, 15) is 9.90 Å². The van der Waals surface area contributed by atoms with Crippen molar-refractivity contribution in [2.75, 3.05) is 7.11 Å². The lowest BCUT2D eigenvalue weighted by molar-refractivity contribution is -0.143. The second kappa shape index (κ2) is 5.50. The summed E-state index contributed by atoms with van der Waals surface area (Å²) in [5, 5.41) is 13.9. The molecule has 1 aliphatic rings. The molecule has 2 aromatic rings. The van der Waals surface area contributed by atoms with Crippen molar-refractivity contribution in [2.45, 2.75) is 18.9 Å². The van der Waals surface area contributed by atoms with Crippen molar-refractivity contribution in [1.82, 2.24) is 5.16 Å². The van der Waals surface area contributed by atoms with Gasteiger partial charge in [-0.1, -0.05) is 28.9 Å². The van der Waals surface area contributed by atoms with Crippen molar-refractivity contribution in [3.63, 3.8) is 0 Å². The van der Waals surface area contributed by atoms with Gasteiger partial charge in [-0.25, -0.2) is 0 Å². The van der Waals surface area contributed by atoms with Gasteiger partial charge in [-0.3, -0.25) is 4.79 Å². The Kier molecular flexibility index (Phi) is 3.69. The number of fused-ring (bicyclic) bond motifs is 1. The lowest BCUT2D eigenvalue weighted by atomic mass is 9.84. The summed E-state index contributed by atoms with van der Waals surface area (Å²) in [5.74, 6) is -0.758. The Morgan fingerprint density at radius 3 is 2.76 bits per heavy atom. The van der Waals surface area contributed by atoms with Gasteiger partial charge in [0.05, 0.1) is 17.6 Å². The molecule has 0 saturated carbocycles. The van der Waals surface area contributed by atoms with Crippen molar-refractivity contribution < 1.29 is 19.2 Å². The average molecular weight is 308 g/mol. The number of hydrogen-bond donors (Lipinski definition) is 1. The Morgan fingerprint density at radius 1 is 1.43 bits per heavy atom. The lowest BCUT2D eigenvalue weighted by Gasteiger charge is -2.25. The van der Waals surface area contributed by atoms with Crippen LogP contribution >= 0.6 is 11.6 Å². The summed E-state index contributed by atoms with van der Waals surface area (Å²) in [6, 6.07) is 7.28. The highest BCUT2D eigenvalue weighted by Gasteiger charge is 2.36. The predicted octanol–water partition coefficient (Wildman–Crippen LogP) is 3.33. The molecule has 1 aromatic carbocycles. The topological polar surface area (TPSA) is 72.6 Å². The van der Waals surface area contributed by atoms with Crippen LogP contribution in [0.25, 0.3) is 11.3 Å². The third kappa shape index (κ3) is 2.54. The molecule has 1 heterocycles. The Morgan fingerprint density at radius 2 is 2.14 bits per heavy atom. The molecule has 0 aliphatic heterocycles. The van der Waals surface area contributed by atoms with Gasteiger partial charge >= 0.3 is 5.97 Å². The number of rotatable bonds is 3. The minimum absolute atomic E-state index is 0.327. The van der Waals surface area contributed by atoms with Crippen LogP contribution in [0.4, 0.5) is 0 Å². The zero-order valence-electron chi connectivity index (χ0n) is 11.4. The third-order valence-electron chi connectivity index (χ3n) is 3.81. The van der Waals surface area contributed by atoms with Gasteiger partial charge in [-0.05, 0) is 18.6 Å². The van der Waals surface area contributed by atoms with E-state index in [2.05, 4.69) is 5.16 Å². The van der Waals surface area contributed by atoms with Crippen LogP contribution in [-0.2, 0) is 16.0 Å². The first kappa shape index (κ1) is 14.1. The number of methoxy groups -OCH3 is 1. The number of carbonyl (C=O) groups is 1. The SMILES string of the molecule is COC1C[C@@H](C(=O)O)Cc2onc(-c3ccc(Cl)cc3)c21. The van der Waals surface area contributed by atoms with Gasteiger partial charge < -0.3 is 14.4 Å². The van der Waals surface area contributed by atoms with E-state index in [1.165, 1.54) is 0 Å². The van der Waals surface area contributed by atoms with E-state index in [0.29, 0.717) is 29.3 Å². The maximum absolute atomic E-state index is 11.2. The fourth-order valence-electron chi connectivity index (χ4n) is 2.71. The highest BCUT2D eigenvalue weighted by atomic mass is 35.5. The molecule has 0 amide bonds. The van der Waals surface area contributed by atoms with Crippen LogP contribution in [0, 0.1) is 5.92 Å². The molecule has 0 radical (unpaired) electrons. The molecule has 1 aromatic heterocycles. The molecule has 1 N–H and O–H groups in total. The monoisotopic (exact) mass is 307 g/mol. The van der Waals surface area contributed by atoms with Crippen LogP contribution < -0.4 is 0 Å². The highest BCUT2D eigenvalue weighted by molar-refractivity contribution is 6.30. The van der Waals surface area contributed by atoms with Crippen LogP contribution in [0.3, 0.4) is 0 Å². The summed E-state index contributed by atoms with van der Waals surface area (Å²) in [6.45, 7) is 0. The number of nitrogens with zero attached hydrogens (tertiary/aromatic N) is 1. The van der Waals surface area contributed by atoms with E-state index in [1.807, 2.05) is 12.1 Å². The van der Waals surface area contributed by atoms with Crippen LogP contribution in [0.1, 0.15) is 23.8 Å². The smallest absolute Gasteiger partial charge is 0.307 e. The molecule has 3 rings (SSSR count). The van der Waals surface area contributed by atoms with Crippen LogP contribution in [0.5, 0.6) is 0 Å². The summed E-state index contributed by atoms with van der Waals surface area (Å²) in [4.78, 5) is 11.2. The maximum Gasteiger partial charge on any atom is 0.307 e. The Labute approximate surface area is 126 Å². The molecule has 21 heavy (non-hydrogen) atoms. The second-order valence-electron chi connectivity index (χ2n) is 5.07. The van der Waals surface area contributed by atoms with Crippen molar-refractivity contribution in [1.29, 1.82) is 0 Å². The third-order valence-corrected chi connectivity index (χ3v) is 4.06. The number of halogens is 1. The number of hydrogen-bond acceptors (Lipinski definition) is 4. The molecule has 2 atom stereocenters. The molecule has 6 heteroatoms. The van der Waals surface area contributed by atoms with Gasteiger partial charge in [0.2, 0.25) is 0 Å². The minimum Gasteiger partial charge on any atom is -0.481 e. The fourth-order valence-corrected chi connectivity index (χ4v) is 2.84. The van der Waals surface area contributed by atoms with Crippen LogP contribution in [0.2, 0.25) is 5.02 Å². The number of carboxylic acid groups (broad SMARTS) is 1. The average Bonchev–Trinajstić information content (AvgIpc) is 2.91. The Balaban J connectivity index is 2.03. The zero-order valence-corrected chi connectivity index (χ0v) is 12.1. The number of aliphatic carboxylic acids is 1. The van der Waals surface area contributed by atoms with Crippen molar-refractivity contribution >= 4 is 17.6 Å². The number of carboxylic acids is 1. The molecule has 110 valence electrons. The van der Waals surface area contributed by atoms with Gasteiger partial charge in [-0.15, -0.1) is 0 Å². The van der Waals surface area contributed by atoms with E-state index >= 15 is 0 Å². The molecule has 5 nitrogen and oxygen atoms in total. The number of benzene rings is 1. The number of ether oxygens (including phenoxy) is 1. The summed E-state index contributed by atoms with van der Waals surface area (Å²) >= 11 is 5.89. The molecule has 1 aliphatic carbocycles. The Hall–Kier alpha value is -1.85. The molecular weight excluding hydrogens is 294 g/mol. The quantitative estimate of drug-likeness (QED) is 0.941. The van der Waals surface area contributed by atoms with Gasteiger partial charge in [0.25, 0.3) is 0 Å². The first-order valence-corrected chi connectivity index (χ1v) is 6.98. The molecular formula is C15H14ClNO4. The molecule has 0 saturated heterocycles. The van der Waals surface area contributed by atoms with Gasteiger partial charge in [0, 0.05) is 24.1 Å². The van der Waals surface area contributed by atoms with E-state index in [-0.39, 0.29) is 6.10 Å². The standard InChI is InChI=1S/C15H14ClNO4/c1-20-11-6-9(15(18)19)7-12-13(11)14(17-21-12)8-2-4-10(16)5-3-8/h2-5,9,11H,6-7H2,1H3,(H,18,19)/t9-,11?/m1/s1. The van der Waals surface area contributed by atoms with Crippen molar-refractivity contribution in [3.05, 3.63) is 40.6 Å². The fraction of sp³-hybridized carbons (Fsp3) is 0.333. The van der Waals surface area contributed by atoms with Crippen molar-refractivity contribution in [3.8, 4) is 11.3 Å². The van der Waals surface area contributed by atoms with Gasteiger partial charge in [0.1, 0.15) is 11.5 Å². The first-order chi connectivity index (χ1) is 10.1. The van der Waals surface area contributed by atoms with Gasteiger partial charge in [0.15, 0.2) is 0 Å². The summed E-state index contributed by atoms with van der Waals surface area (Å²) in [6.07, 6.45) is 0.429. The minimum atomic E-state index is -0.841. The van der Waals surface area contributed by atoms with Crippen LogP contribution in [0.15, 0.2) is 28.8 Å². The normalized spacial score (nSPS) is 21.0. The molecule has 0 fully saturated rings. The van der Waals surface area contributed by atoms with E-state index in [4.69, 9.17) is 20.9 Å². The number of aromatic nitrogens is 1. The predicted molar refractivity (Wildman–Crippen MR) is 76.1 cm³/mol. The molecule has 0 spiro atoms. The summed E-state index contributed by atoms with van der Waals surface area (Å²) in [7, 11) is 1.57. The maximum atomic E-state index is 11.2.